The molecule has 1 aromatic heterocycles. The molecule has 1 N–H and O–H groups in total. The second kappa shape index (κ2) is 7.75. The van der Waals surface area contributed by atoms with Gasteiger partial charge in [-0.15, -0.1) is 0 Å². The zero-order chi connectivity index (χ0) is 21.3. The number of nitrogens with one attached hydrogen (secondary N) is 1. The summed E-state index contributed by atoms with van der Waals surface area (Å²) in [7, 11) is 0. The largest absolute Gasteiger partial charge is 0.353 e. The van der Waals surface area contributed by atoms with E-state index in [1.807, 2.05) is 63.2 Å². The first-order valence-electron chi connectivity index (χ1n) is 10.2. The van der Waals surface area contributed by atoms with Crippen LogP contribution in [0, 0.1) is 16.7 Å². The third-order valence-electron chi connectivity index (χ3n) is 5.32. The third kappa shape index (κ3) is 3.97. The second-order valence-electron chi connectivity index (χ2n) is 8.73. The summed E-state index contributed by atoms with van der Waals surface area (Å²) in [5, 5.41) is 12.5. The van der Waals surface area contributed by atoms with Crippen molar-refractivity contribution in [2.24, 2.45) is 5.41 Å². The van der Waals surface area contributed by atoms with Crippen molar-refractivity contribution in [1.29, 1.82) is 5.26 Å². The van der Waals surface area contributed by atoms with E-state index in [0.29, 0.717) is 12.1 Å². The van der Waals surface area contributed by atoms with Crippen molar-refractivity contribution in [3.8, 4) is 17.3 Å². The van der Waals surface area contributed by atoms with Gasteiger partial charge in [-0.1, -0.05) is 45.0 Å². The van der Waals surface area contributed by atoms with E-state index in [-0.39, 0.29) is 11.9 Å². The van der Waals surface area contributed by atoms with E-state index < -0.39 is 5.41 Å². The minimum atomic E-state index is -0.418. The topological polar surface area (TPSA) is 81.9 Å². The van der Waals surface area contributed by atoms with Crippen molar-refractivity contribution < 1.29 is 4.79 Å². The Morgan fingerprint density at radius 2 is 1.87 bits per heavy atom. The van der Waals surface area contributed by atoms with Gasteiger partial charge in [0.05, 0.1) is 22.7 Å². The number of nitriles is 1. The highest BCUT2D eigenvalue weighted by molar-refractivity contribution is 5.84. The standard InChI is InChI=1S/C24H25N5O/c1-24(2,3)23(30)26-18-11-12-29(15-18)22-21(17-8-6-7-16(13-17)14-25)27-19-9-4-5-10-20(19)28-22/h4-10,13,18H,11-12,15H2,1-3H3,(H,26,30)/t18-/m0/s1. The number of hydrogen-bond donors (Lipinski definition) is 1. The lowest BCUT2D eigenvalue weighted by atomic mass is 9.95. The highest BCUT2D eigenvalue weighted by Gasteiger charge is 2.30. The van der Waals surface area contributed by atoms with Crippen LogP contribution in [0.3, 0.4) is 0 Å². The molecular weight excluding hydrogens is 374 g/mol. The molecule has 1 aliphatic rings. The van der Waals surface area contributed by atoms with Crippen molar-refractivity contribution in [1.82, 2.24) is 15.3 Å². The molecule has 1 aliphatic heterocycles. The molecule has 0 saturated carbocycles. The Labute approximate surface area is 176 Å². The smallest absolute Gasteiger partial charge is 0.225 e. The van der Waals surface area contributed by atoms with Crippen LogP contribution in [0.25, 0.3) is 22.3 Å². The van der Waals surface area contributed by atoms with Gasteiger partial charge in [0.2, 0.25) is 5.91 Å². The molecule has 0 unspecified atom stereocenters. The van der Waals surface area contributed by atoms with Crippen LogP contribution in [0.4, 0.5) is 5.82 Å². The van der Waals surface area contributed by atoms with Crippen molar-refractivity contribution in [3.63, 3.8) is 0 Å². The molecule has 6 heteroatoms. The van der Waals surface area contributed by atoms with Gasteiger partial charge in [0.15, 0.2) is 5.82 Å². The van der Waals surface area contributed by atoms with E-state index in [2.05, 4.69) is 16.3 Å². The Balaban J connectivity index is 1.71. The van der Waals surface area contributed by atoms with E-state index in [4.69, 9.17) is 9.97 Å². The molecule has 2 heterocycles. The molecule has 0 spiro atoms. The minimum Gasteiger partial charge on any atom is -0.353 e. The summed E-state index contributed by atoms with van der Waals surface area (Å²) in [6.07, 6.45) is 0.855. The molecule has 6 nitrogen and oxygen atoms in total. The average molecular weight is 399 g/mol. The van der Waals surface area contributed by atoms with Crippen LogP contribution in [-0.4, -0.2) is 35.0 Å². The van der Waals surface area contributed by atoms with Crippen LogP contribution in [0.15, 0.2) is 48.5 Å². The van der Waals surface area contributed by atoms with E-state index in [1.54, 1.807) is 6.07 Å². The predicted octanol–water partition coefficient (Wildman–Crippen LogP) is 3.91. The van der Waals surface area contributed by atoms with E-state index in [0.717, 1.165) is 41.1 Å². The zero-order valence-electron chi connectivity index (χ0n) is 17.5. The van der Waals surface area contributed by atoms with E-state index >= 15 is 0 Å². The molecule has 0 radical (unpaired) electrons. The fourth-order valence-corrected chi connectivity index (χ4v) is 3.61. The lowest BCUT2D eigenvalue weighted by Gasteiger charge is -2.23. The first kappa shape index (κ1) is 19.8. The number of aromatic nitrogens is 2. The van der Waals surface area contributed by atoms with Gasteiger partial charge in [-0.2, -0.15) is 5.26 Å². The summed E-state index contributed by atoms with van der Waals surface area (Å²) < 4.78 is 0. The Morgan fingerprint density at radius 1 is 1.13 bits per heavy atom. The number of rotatable bonds is 3. The van der Waals surface area contributed by atoms with Crippen LogP contribution in [0.2, 0.25) is 0 Å². The monoisotopic (exact) mass is 399 g/mol. The summed E-state index contributed by atoms with van der Waals surface area (Å²) >= 11 is 0. The fraction of sp³-hybridized carbons (Fsp3) is 0.333. The number of carbonyl (C=O) groups is 1. The quantitative estimate of drug-likeness (QED) is 0.722. The molecule has 4 rings (SSSR count). The second-order valence-corrected chi connectivity index (χ2v) is 8.73. The SMILES string of the molecule is CC(C)(C)C(=O)N[C@H]1CCN(c2nc3ccccc3nc2-c2cccc(C#N)c2)C1. The van der Waals surface area contributed by atoms with Crippen LogP contribution in [0.5, 0.6) is 0 Å². The summed E-state index contributed by atoms with van der Waals surface area (Å²) in [4.78, 5) is 24.4. The highest BCUT2D eigenvalue weighted by atomic mass is 16.2. The molecule has 0 aliphatic carbocycles. The molecule has 30 heavy (non-hydrogen) atoms. The van der Waals surface area contributed by atoms with Gasteiger partial charge in [0.1, 0.15) is 5.69 Å². The number of para-hydroxylation sites is 2. The Hall–Kier alpha value is -3.46. The maximum absolute atomic E-state index is 12.4. The highest BCUT2D eigenvalue weighted by Crippen LogP contribution is 2.32. The van der Waals surface area contributed by atoms with E-state index in [9.17, 15) is 10.1 Å². The van der Waals surface area contributed by atoms with Crippen LogP contribution < -0.4 is 10.2 Å². The Bertz CT molecular complexity index is 1140. The van der Waals surface area contributed by atoms with E-state index in [1.165, 1.54) is 0 Å². The average Bonchev–Trinajstić information content (AvgIpc) is 3.20. The number of benzene rings is 2. The maximum Gasteiger partial charge on any atom is 0.225 e. The van der Waals surface area contributed by atoms with Gasteiger partial charge >= 0.3 is 0 Å². The maximum atomic E-state index is 12.4. The minimum absolute atomic E-state index is 0.0564. The summed E-state index contributed by atoms with van der Waals surface area (Å²) in [6, 6.07) is 17.5. The lowest BCUT2D eigenvalue weighted by Crippen LogP contribution is -2.43. The summed E-state index contributed by atoms with van der Waals surface area (Å²) in [5.74, 6) is 0.845. The number of nitrogens with zero attached hydrogens (tertiary/aromatic N) is 4. The fourth-order valence-electron chi connectivity index (χ4n) is 3.61. The molecule has 0 bridgehead atoms. The number of anilines is 1. The van der Waals surface area contributed by atoms with Crippen LogP contribution in [0.1, 0.15) is 32.8 Å². The van der Waals surface area contributed by atoms with Crippen molar-refractivity contribution in [3.05, 3.63) is 54.1 Å². The number of amides is 1. The van der Waals surface area contributed by atoms with Gasteiger partial charge in [-0.05, 0) is 30.7 Å². The molecule has 152 valence electrons. The van der Waals surface area contributed by atoms with Crippen molar-refractivity contribution >= 4 is 22.8 Å². The first-order chi connectivity index (χ1) is 14.3. The van der Waals surface area contributed by atoms with Gasteiger partial charge in [0, 0.05) is 30.1 Å². The summed E-state index contributed by atoms with van der Waals surface area (Å²) in [6.45, 7) is 7.23. The van der Waals surface area contributed by atoms with Gasteiger partial charge in [-0.3, -0.25) is 4.79 Å². The van der Waals surface area contributed by atoms with Gasteiger partial charge < -0.3 is 10.2 Å². The zero-order valence-corrected chi connectivity index (χ0v) is 17.5. The molecule has 3 aromatic rings. The lowest BCUT2D eigenvalue weighted by molar-refractivity contribution is -0.129. The third-order valence-corrected chi connectivity index (χ3v) is 5.32. The Kier molecular flexibility index (Phi) is 5.13. The number of carbonyl (C=O) groups excluding carboxylic acids is 1. The predicted molar refractivity (Wildman–Crippen MR) is 118 cm³/mol. The first-order valence-corrected chi connectivity index (χ1v) is 10.2. The molecule has 1 saturated heterocycles. The van der Waals surface area contributed by atoms with Gasteiger partial charge in [-0.25, -0.2) is 9.97 Å². The van der Waals surface area contributed by atoms with Crippen molar-refractivity contribution in [2.75, 3.05) is 18.0 Å². The molecule has 1 atom stereocenters. The number of hydrogen-bond acceptors (Lipinski definition) is 5. The van der Waals surface area contributed by atoms with Gasteiger partial charge in [0.25, 0.3) is 0 Å². The van der Waals surface area contributed by atoms with Crippen LogP contribution in [-0.2, 0) is 4.79 Å². The summed E-state index contributed by atoms with van der Waals surface area (Å²) in [5.41, 5.74) is 3.44. The normalized spacial score (nSPS) is 16.5. The molecule has 1 fully saturated rings. The molecular formula is C24H25N5O. The molecule has 1 amide bonds. The molecule has 2 aromatic carbocycles. The Morgan fingerprint density at radius 3 is 2.57 bits per heavy atom. The van der Waals surface area contributed by atoms with Crippen LogP contribution >= 0.6 is 0 Å². The number of fused-ring (bicyclic) bond motifs is 1. The van der Waals surface area contributed by atoms with Crippen molar-refractivity contribution in [2.45, 2.75) is 33.2 Å².